The summed E-state index contributed by atoms with van der Waals surface area (Å²) in [5.74, 6) is 0.820. The third-order valence-corrected chi connectivity index (χ3v) is 8.08. The van der Waals surface area contributed by atoms with Crippen molar-refractivity contribution < 1.29 is 0 Å². The van der Waals surface area contributed by atoms with E-state index in [1.807, 2.05) is 24.8 Å². The second-order valence-electron chi connectivity index (χ2n) is 9.87. The summed E-state index contributed by atoms with van der Waals surface area (Å²) >= 11 is 1.70. The summed E-state index contributed by atoms with van der Waals surface area (Å²) in [7, 11) is 0. The van der Waals surface area contributed by atoms with E-state index in [1.54, 1.807) is 11.3 Å². The topological polar surface area (TPSA) is 95.2 Å². The monoisotopic (exact) mass is 505 g/mol. The van der Waals surface area contributed by atoms with Crippen LogP contribution < -0.4 is 5.32 Å². The molecule has 0 aromatic carbocycles. The van der Waals surface area contributed by atoms with Gasteiger partial charge in [-0.2, -0.15) is 16.4 Å². The molecule has 0 aliphatic heterocycles. The van der Waals surface area contributed by atoms with Gasteiger partial charge in [-0.25, -0.2) is 4.98 Å². The Hall–Kier alpha value is -3.88. The Morgan fingerprint density at radius 2 is 1.92 bits per heavy atom. The summed E-state index contributed by atoms with van der Waals surface area (Å²) in [5, 5.41) is 17.8. The van der Waals surface area contributed by atoms with Gasteiger partial charge in [0.15, 0.2) is 0 Å². The number of nitrogens with one attached hydrogen (secondary N) is 3. The molecule has 6 aromatic heterocycles. The molecule has 0 bridgehead atoms. The van der Waals surface area contributed by atoms with E-state index < -0.39 is 0 Å². The van der Waals surface area contributed by atoms with Crippen molar-refractivity contribution in [2.45, 2.75) is 32.2 Å². The molecular weight excluding hydrogens is 478 g/mol. The van der Waals surface area contributed by atoms with Crippen LogP contribution in [0.2, 0.25) is 0 Å². The summed E-state index contributed by atoms with van der Waals surface area (Å²) < 4.78 is 0. The highest BCUT2D eigenvalue weighted by molar-refractivity contribution is 7.08. The number of hydrogen-bond donors (Lipinski definition) is 3. The molecule has 1 aliphatic carbocycles. The van der Waals surface area contributed by atoms with E-state index in [0.29, 0.717) is 0 Å². The molecule has 7 nitrogen and oxygen atoms in total. The lowest BCUT2D eigenvalue weighted by Crippen LogP contribution is -2.20. The van der Waals surface area contributed by atoms with Gasteiger partial charge in [0.25, 0.3) is 0 Å². The third kappa shape index (κ3) is 4.32. The standard InChI is InChI=1S/C29H27N7S/c1-2-4-18(3-1)12-30-13-19-9-21(15-31-14-19)25-11-24-27(16-33-25)35-36-28(24)26-10-23-22(20-6-8-37-17-20)5-7-32-29(23)34-26/h5-11,14-18,30H,1-4,12-13H2,(H,32,34)(H,35,36). The maximum atomic E-state index is 4.71. The SMILES string of the molecule is c1cc(-c2ccsc2)c2cc(-c3n[nH]c4cnc(-c5cncc(CNCC6CCCC6)c5)cc34)[nH]c2n1. The van der Waals surface area contributed by atoms with Crippen LogP contribution in [0.15, 0.2) is 65.9 Å². The van der Waals surface area contributed by atoms with Crippen molar-refractivity contribution in [2.24, 2.45) is 5.92 Å². The lowest BCUT2D eigenvalue weighted by atomic mass is 10.1. The second-order valence-corrected chi connectivity index (χ2v) is 10.6. The van der Waals surface area contributed by atoms with Gasteiger partial charge in [0, 0.05) is 41.5 Å². The molecule has 0 atom stereocenters. The van der Waals surface area contributed by atoms with Crippen molar-refractivity contribution in [3.05, 3.63) is 71.4 Å². The van der Waals surface area contributed by atoms with Gasteiger partial charge in [0.05, 0.1) is 23.1 Å². The second kappa shape index (κ2) is 9.53. The van der Waals surface area contributed by atoms with Crippen LogP contribution in [-0.4, -0.2) is 36.7 Å². The molecule has 7 rings (SSSR count). The Bertz CT molecular complexity index is 1680. The van der Waals surface area contributed by atoms with Crippen LogP contribution in [0, 0.1) is 5.92 Å². The highest BCUT2D eigenvalue weighted by atomic mass is 32.1. The maximum Gasteiger partial charge on any atom is 0.138 e. The van der Waals surface area contributed by atoms with E-state index in [1.165, 1.54) is 42.4 Å². The van der Waals surface area contributed by atoms with Crippen LogP contribution in [0.1, 0.15) is 31.2 Å². The first-order valence-electron chi connectivity index (χ1n) is 12.8. The van der Waals surface area contributed by atoms with Crippen molar-refractivity contribution in [2.75, 3.05) is 6.54 Å². The molecule has 0 saturated heterocycles. The van der Waals surface area contributed by atoms with E-state index in [0.717, 1.165) is 63.6 Å². The summed E-state index contributed by atoms with van der Waals surface area (Å²) in [6.07, 6.45) is 13.0. The van der Waals surface area contributed by atoms with E-state index in [-0.39, 0.29) is 0 Å². The summed E-state index contributed by atoms with van der Waals surface area (Å²) in [6, 6.07) is 10.6. The van der Waals surface area contributed by atoms with Crippen LogP contribution in [0.3, 0.4) is 0 Å². The summed E-state index contributed by atoms with van der Waals surface area (Å²) in [4.78, 5) is 17.3. The molecule has 37 heavy (non-hydrogen) atoms. The number of fused-ring (bicyclic) bond motifs is 2. The number of nitrogens with zero attached hydrogens (tertiary/aromatic N) is 4. The lowest BCUT2D eigenvalue weighted by Gasteiger charge is -2.11. The van der Waals surface area contributed by atoms with Crippen molar-refractivity contribution >= 4 is 33.3 Å². The molecule has 8 heteroatoms. The minimum absolute atomic E-state index is 0.820. The van der Waals surface area contributed by atoms with Crippen LogP contribution in [-0.2, 0) is 6.54 Å². The van der Waals surface area contributed by atoms with Gasteiger partial charge in [-0.05, 0) is 83.1 Å². The number of hydrogen-bond acceptors (Lipinski definition) is 6. The van der Waals surface area contributed by atoms with Crippen LogP contribution in [0.4, 0.5) is 0 Å². The Kier molecular flexibility index (Phi) is 5.75. The zero-order valence-corrected chi connectivity index (χ0v) is 21.2. The quantitative estimate of drug-likeness (QED) is 0.228. The molecule has 6 heterocycles. The van der Waals surface area contributed by atoms with Crippen molar-refractivity contribution in [1.29, 1.82) is 0 Å². The molecule has 3 N–H and O–H groups in total. The molecule has 1 aliphatic rings. The highest BCUT2D eigenvalue weighted by Gasteiger charge is 2.16. The molecule has 6 aromatic rings. The van der Waals surface area contributed by atoms with Gasteiger partial charge in [-0.15, -0.1) is 0 Å². The molecule has 0 radical (unpaired) electrons. The van der Waals surface area contributed by atoms with Gasteiger partial charge in [0.2, 0.25) is 0 Å². The van der Waals surface area contributed by atoms with E-state index in [4.69, 9.17) is 4.98 Å². The predicted molar refractivity (Wildman–Crippen MR) is 149 cm³/mol. The fourth-order valence-corrected chi connectivity index (χ4v) is 6.12. The minimum atomic E-state index is 0.820. The number of H-pyrrole nitrogens is 2. The van der Waals surface area contributed by atoms with Crippen LogP contribution >= 0.6 is 11.3 Å². The Morgan fingerprint density at radius 3 is 2.81 bits per heavy atom. The molecule has 0 unspecified atom stereocenters. The zero-order chi connectivity index (χ0) is 24.6. The van der Waals surface area contributed by atoms with Crippen molar-refractivity contribution in [3.8, 4) is 33.8 Å². The van der Waals surface area contributed by atoms with Crippen molar-refractivity contribution in [1.82, 2.24) is 35.5 Å². The van der Waals surface area contributed by atoms with Crippen LogP contribution in [0.25, 0.3) is 55.7 Å². The predicted octanol–water partition coefficient (Wildman–Crippen LogP) is 6.57. The lowest BCUT2D eigenvalue weighted by molar-refractivity contribution is 0.489. The number of aromatic nitrogens is 6. The Balaban J connectivity index is 1.20. The third-order valence-electron chi connectivity index (χ3n) is 7.39. The Morgan fingerprint density at radius 1 is 0.973 bits per heavy atom. The zero-order valence-electron chi connectivity index (χ0n) is 20.4. The molecule has 1 fully saturated rings. The first-order valence-corrected chi connectivity index (χ1v) is 13.8. The van der Waals surface area contributed by atoms with Gasteiger partial charge >= 0.3 is 0 Å². The fraction of sp³-hybridized carbons (Fsp3) is 0.241. The van der Waals surface area contributed by atoms with Gasteiger partial charge in [0.1, 0.15) is 11.3 Å². The van der Waals surface area contributed by atoms with E-state index in [9.17, 15) is 0 Å². The normalized spacial score (nSPS) is 14.3. The summed E-state index contributed by atoms with van der Waals surface area (Å²) in [6.45, 7) is 1.91. The highest BCUT2D eigenvalue weighted by Crippen LogP contribution is 2.34. The average Bonchev–Trinajstić information content (AvgIpc) is 3.74. The number of aromatic amines is 2. The molecular formula is C29H27N7S. The smallest absolute Gasteiger partial charge is 0.138 e. The van der Waals surface area contributed by atoms with Crippen LogP contribution in [0.5, 0.6) is 0 Å². The first kappa shape index (κ1) is 22.3. The van der Waals surface area contributed by atoms with E-state index >= 15 is 0 Å². The van der Waals surface area contributed by atoms with Gasteiger partial charge in [-0.3, -0.25) is 15.1 Å². The number of rotatable bonds is 7. The number of pyridine rings is 3. The van der Waals surface area contributed by atoms with Crippen molar-refractivity contribution in [3.63, 3.8) is 0 Å². The fourth-order valence-electron chi connectivity index (χ4n) is 5.46. The average molecular weight is 506 g/mol. The maximum absolute atomic E-state index is 4.71. The molecule has 0 amide bonds. The molecule has 1 saturated carbocycles. The van der Waals surface area contributed by atoms with Gasteiger partial charge < -0.3 is 10.3 Å². The molecule has 0 spiro atoms. The summed E-state index contributed by atoms with van der Waals surface area (Å²) in [5.41, 5.74) is 8.96. The van der Waals surface area contributed by atoms with Gasteiger partial charge in [-0.1, -0.05) is 12.8 Å². The molecule has 184 valence electrons. The Labute approximate surface area is 218 Å². The number of thiophene rings is 1. The van der Waals surface area contributed by atoms with E-state index in [2.05, 4.69) is 71.6 Å². The minimum Gasteiger partial charge on any atom is -0.338 e. The first-order chi connectivity index (χ1) is 18.3. The largest absolute Gasteiger partial charge is 0.338 e.